The summed E-state index contributed by atoms with van der Waals surface area (Å²) in [7, 11) is 0. The zero-order chi connectivity index (χ0) is 8.27. The molecule has 0 unspecified atom stereocenters. The van der Waals surface area contributed by atoms with Gasteiger partial charge in [0.05, 0.1) is 10.4 Å². The van der Waals surface area contributed by atoms with E-state index in [0.29, 0.717) is 8.67 Å². The molecule has 0 amide bonds. The number of nitrogens with zero attached hydrogens (tertiary/aromatic N) is 1. The van der Waals surface area contributed by atoms with Crippen LogP contribution in [0.5, 0.6) is 0 Å². The Hall–Kier alpha value is -0.490. The van der Waals surface area contributed by atoms with Crippen LogP contribution in [0.1, 0.15) is 5.56 Å². The van der Waals surface area contributed by atoms with Gasteiger partial charge in [-0.1, -0.05) is 23.2 Å². The number of hydrogen-bond acceptors (Lipinski definition) is 2. The molecule has 0 bridgehead atoms. The minimum absolute atomic E-state index is 0.613. The van der Waals surface area contributed by atoms with Gasteiger partial charge < -0.3 is 0 Å². The van der Waals surface area contributed by atoms with Gasteiger partial charge in [0.2, 0.25) is 0 Å². The number of rotatable bonds is 1. The maximum absolute atomic E-state index is 8.22. The van der Waals surface area contributed by atoms with Crippen LogP contribution in [0.3, 0.4) is 0 Å². The number of thiophene rings is 1. The van der Waals surface area contributed by atoms with Gasteiger partial charge in [0.1, 0.15) is 4.34 Å². The van der Waals surface area contributed by atoms with Crippen molar-refractivity contribution >= 4 is 40.6 Å². The lowest BCUT2D eigenvalue weighted by molar-refractivity contribution is 1.54. The lowest BCUT2D eigenvalue weighted by Gasteiger charge is -1.81. The molecule has 1 rings (SSSR count). The van der Waals surface area contributed by atoms with E-state index in [2.05, 4.69) is 0 Å². The van der Waals surface area contributed by atoms with Crippen molar-refractivity contribution in [1.29, 1.82) is 5.26 Å². The predicted octanol–water partition coefficient (Wildman–Crippen LogP) is 3.59. The second kappa shape index (κ2) is 3.77. The van der Waals surface area contributed by atoms with Gasteiger partial charge >= 0.3 is 0 Å². The van der Waals surface area contributed by atoms with Gasteiger partial charge in [0.15, 0.2) is 0 Å². The maximum atomic E-state index is 8.22. The number of allylic oxidation sites excluding steroid dienone is 1. The van der Waals surface area contributed by atoms with Gasteiger partial charge in [-0.3, -0.25) is 0 Å². The van der Waals surface area contributed by atoms with Crippen LogP contribution < -0.4 is 0 Å². The molecule has 0 saturated heterocycles. The lowest BCUT2D eigenvalue weighted by Crippen LogP contribution is -1.60. The molecule has 0 N–H and O–H groups in total. The Morgan fingerprint density at radius 2 is 2.27 bits per heavy atom. The molecule has 1 heterocycles. The second-order valence-corrected chi connectivity index (χ2v) is 4.03. The third-order valence-corrected chi connectivity index (χ3v) is 2.54. The van der Waals surface area contributed by atoms with Crippen LogP contribution in [0, 0.1) is 11.3 Å². The SMILES string of the molecule is N#C/C=C/c1cc(Cl)sc1Cl. The Morgan fingerprint density at radius 1 is 1.55 bits per heavy atom. The summed E-state index contributed by atoms with van der Waals surface area (Å²) in [6.45, 7) is 0. The van der Waals surface area contributed by atoms with E-state index in [4.69, 9.17) is 28.5 Å². The van der Waals surface area contributed by atoms with Crippen LogP contribution >= 0.6 is 34.5 Å². The van der Waals surface area contributed by atoms with E-state index in [1.807, 2.05) is 6.07 Å². The molecule has 1 nitrogen and oxygen atoms in total. The van der Waals surface area contributed by atoms with Crippen LogP contribution in [0.15, 0.2) is 12.1 Å². The highest BCUT2D eigenvalue weighted by Crippen LogP contribution is 2.31. The Kier molecular flexibility index (Phi) is 2.95. The minimum atomic E-state index is 0.613. The largest absolute Gasteiger partial charge is 0.193 e. The molecule has 0 fully saturated rings. The average Bonchev–Trinajstić information content (AvgIpc) is 2.26. The fourth-order valence-electron chi connectivity index (χ4n) is 0.594. The van der Waals surface area contributed by atoms with Gasteiger partial charge in [-0.25, -0.2) is 0 Å². The number of hydrogen-bond donors (Lipinski definition) is 0. The summed E-state index contributed by atoms with van der Waals surface area (Å²) in [6, 6.07) is 3.60. The molecule has 0 atom stereocenters. The molecule has 0 aliphatic heterocycles. The summed E-state index contributed by atoms with van der Waals surface area (Å²) >= 11 is 12.7. The molecule has 0 aliphatic carbocycles. The van der Waals surface area contributed by atoms with E-state index in [1.165, 1.54) is 17.4 Å². The predicted molar refractivity (Wildman–Crippen MR) is 49.0 cm³/mol. The highest BCUT2D eigenvalue weighted by atomic mass is 35.5. The lowest BCUT2D eigenvalue weighted by atomic mass is 10.3. The van der Waals surface area contributed by atoms with Crippen molar-refractivity contribution in [2.24, 2.45) is 0 Å². The highest BCUT2D eigenvalue weighted by Gasteiger charge is 2.00. The second-order valence-electron chi connectivity index (χ2n) is 1.74. The Morgan fingerprint density at radius 3 is 2.73 bits per heavy atom. The summed E-state index contributed by atoms with van der Waals surface area (Å²) in [5, 5.41) is 8.22. The van der Waals surface area contributed by atoms with Gasteiger partial charge in [-0.2, -0.15) is 5.26 Å². The zero-order valence-electron chi connectivity index (χ0n) is 5.34. The van der Waals surface area contributed by atoms with Crippen LogP contribution in [0.4, 0.5) is 0 Å². The van der Waals surface area contributed by atoms with Crippen LogP contribution in [0.2, 0.25) is 8.67 Å². The maximum Gasteiger partial charge on any atom is 0.102 e. The number of halogens is 2. The van der Waals surface area contributed by atoms with E-state index in [0.717, 1.165) is 5.56 Å². The van der Waals surface area contributed by atoms with Crippen LogP contribution in [-0.4, -0.2) is 0 Å². The van der Waals surface area contributed by atoms with Crippen LogP contribution in [-0.2, 0) is 0 Å². The average molecular weight is 204 g/mol. The van der Waals surface area contributed by atoms with Gasteiger partial charge in [-0.05, 0) is 12.1 Å². The molecule has 56 valence electrons. The third kappa shape index (κ3) is 2.23. The summed E-state index contributed by atoms with van der Waals surface area (Å²) in [5.74, 6) is 0. The Labute approximate surface area is 78.5 Å². The molecular weight excluding hydrogens is 201 g/mol. The van der Waals surface area contributed by atoms with Crippen molar-refractivity contribution in [3.05, 3.63) is 26.4 Å². The van der Waals surface area contributed by atoms with Crippen molar-refractivity contribution in [3.63, 3.8) is 0 Å². The van der Waals surface area contributed by atoms with E-state index < -0.39 is 0 Å². The number of nitriles is 1. The van der Waals surface area contributed by atoms with E-state index in [-0.39, 0.29) is 0 Å². The van der Waals surface area contributed by atoms with Gasteiger partial charge in [-0.15, -0.1) is 11.3 Å². The van der Waals surface area contributed by atoms with E-state index >= 15 is 0 Å². The van der Waals surface area contributed by atoms with Crippen molar-refractivity contribution in [2.75, 3.05) is 0 Å². The zero-order valence-corrected chi connectivity index (χ0v) is 7.67. The molecule has 0 saturated carbocycles. The van der Waals surface area contributed by atoms with Crippen molar-refractivity contribution in [3.8, 4) is 6.07 Å². The highest BCUT2D eigenvalue weighted by molar-refractivity contribution is 7.20. The normalized spacial score (nSPS) is 10.3. The molecular formula is C7H3Cl2NS. The molecule has 0 radical (unpaired) electrons. The van der Waals surface area contributed by atoms with E-state index in [1.54, 1.807) is 12.1 Å². The first-order chi connectivity index (χ1) is 5.24. The first-order valence-corrected chi connectivity index (χ1v) is 4.32. The first-order valence-electron chi connectivity index (χ1n) is 2.75. The molecule has 0 aromatic carbocycles. The monoisotopic (exact) mass is 203 g/mol. The molecule has 0 aliphatic rings. The summed E-state index contributed by atoms with van der Waals surface area (Å²) in [4.78, 5) is 0. The summed E-state index contributed by atoms with van der Waals surface area (Å²) in [6.07, 6.45) is 3.00. The standard InChI is InChI=1S/C7H3Cl2NS/c8-6-4-5(2-1-3-10)7(9)11-6/h1-2,4H/b2-1+. The van der Waals surface area contributed by atoms with E-state index in [9.17, 15) is 0 Å². The smallest absolute Gasteiger partial charge is 0.102 e. The molecule has 0 spiro atoms. The minimum Gasteiger partial charge on any atom is -0.193 e. The van der Waals surface area contributed by atoms with Crippen molar-refractivity contribution < 1.29 is 0 Å². The molecule has 1 aromatic rings. The summed E-state index contributed by atoms with van der Waals surface area (Å²) in [5.41, 5.74) is 0.795. The topological polar surface area (TPSA) is 23.8 Å². The van der Waals surface area contributed by atoms with Crippen molar-refractivity contribution in [1.82, 2.24) is 0 Å². The Bertz CT molecular complexity index is 322. The fourth-order valence-corrected chi connectivity index (χ4v) is 2.03. The molecule has 11 heavy (non-hydrogen) atoms. The molecule has 4 heteroatoms. The first kappa shape index (κ1) is 8.61. The fraction of sp³-hybridized carbons (Fsp3) is 0. The van der Waals surface area contributed by atoms with Crippen LogP contribution in [0.25, 0.3) is 6.08 Å². The third-order valence-electron chi connectivity index (χ3n) is 1.02. The van der Waals surface area contributed by atoms with Crippen molar-refractivity contribution in [2.45, 2.75) is 0 Å². The summed E-state index contributed by atoms with van der Waals surface area (Å²) < 4.78 is 1.24. The Balaban J connectivity index is 2.96. The quantitative estimate of drug-likeness (QED) is 0.641. The molecule has 1 aromatic heterocycles. The van der Waals surface area contributed by atoms with Gasteiger partial charge in [0.25, 0.3) is 0 Å². The van der Waals surface area contributed by atoms with Gasteiger partial charge in [0, 0.05) is 11.6 Å².